The van der Waals surface area contributed by atoms with Crippen LogP contribution in [0.2, 0.25) is 0 Å². The molecule has 1 saturated heterocycles. The van der Waals surface area contributed by atoms with Gasteiger partial charge in [0.1, 0.15) is 5.60 Å². The highest BCUT2D eigenvalue weighted by Gasteiger charge is 2.19. The fraction of sp³-hybridized carbons (Fsp3) is 0.500. The molecule has 0 spiro atoms. The summed E-state index contributed by atoms with van der Waals surface area (Å²) in [4.78, 5) is 17.6. The van der Waals surface area contributed by atoms with E-state index in [4.69, 9.17) is 10.5 Å². The van der Waals surface area contributed by atoms with Gasteiger partial charge < -0.3 is 20.3 Å². The van der Waals surface area contributed by atoms with Gasteiger partial charge in [0.25, 0.3) is 0 Å². The Kier molecular flexibility index (Phi) is 5.61. The first-order valence-corrected chi connectivity index (χ1v) is 9.62. The Hall–Kier alpha value is -2.35. The molecule has 0 aliphatic carbocycles. The molecule has 1 aliphatic rings. The van der Waals surface area contributed by atoms with Crippen molar-refractivity contribution in [2.75, 3.05) is 31.1 Å². The van der Waals surface area contributed by atoms with Crippen LogP contribution in [-0.4, -0.2) is 52.6 Å². The summed E-state index contributed by atoms with van der Waals surface area (Å²) in [6, 6.07) is 3.85. The quantitative estimate of drug-likeness (QED) is 0.654. The molecule has 0 radical (unpaired) electrons. The number of ether oxygens (including phenoxy) is 1. The van der Waals surface area contributed by atoms with Crippen LogP contribution in [0.15, 0.2) is 34.9 Å². The first-order valence-electron chi connectivity index (χ1n) is 8.74. The van der Waals surface area contributed by atoms with Crippen LogP contribution in [-0.2, 0) is 6.54 Å². The number of hydrogen-bond donors (Lipinski definition) is 1. The molecular weight excluding hydrogens is 348 g/mol. The van der Waals surface area contributed by atoms with Gasteiger partial charge in [0, 0.05) is 50.0 Å². The van der Waals surface area contributed by atoms with E-state index in [1.54, 1.807) is 17.5 Å². The van der Waals surface area contributed by atoms with Gasteiger partial charge in [-0.05, 0) is 26.3 Å². The zero-order chi connectivity index (χ0) is 18.6. The smallest absolute Gasteiger partial charge is 0.213 e. The molecule has 7 nitrogen and oxygen atoms in total. The van der Waals surface area contributed by atoms with Gasteiger partial charge in [-0.3, -0.25) is 0 Å². The monoisotopic (exact) mass is 374 g/mol. The van der Waals surface area contributed by atoms with Crippen molar-refractivity contribution in [2.45, 2.75) is 32.9 Å². The van der Waals surface area contributed by atoms with E-state index in [0.717, 1.165) is 36.9 Å². The third kappa shape index (κ3) is 5.08. The Bertz CT molecular complexity index is 715. The summed E-state index contributed by atoms with van der Waals surface area (Å²) in [6.07, 6.45) is 3.63. The molecule has 0 atom stereocenters. The molecule has 1 aliphatic heterocycles. The van der Waals surface area contributed by atoms with Crippen molar-refractivity contribution in [3.8, 4) is 5.88 Å². The average Bonchev–Trinajstić information content (AvgIpc) is 3.14. The lowest BCUT2D eigenvalue weighted by Crippen LogP contribution is -2.51. The Balaban J connectivity index is 1.51. The number of nitrogens with two attached hydrogens (primary N) is 1. The maximum atomic E-state index is 6.17. The number of hydrogen-bond acceptors (Lipinski definition) is 6. The van der Waals surface area contributed by atoms with Crippen molar-refractivity contribution < 1.29 is 4.74 Å². The lowest BCUT2D eigenvalue weighted by atomic mass is 10.2. The number of piperazine rings is 1. The topological polar surface area (TPSA) is 79.9 Å². The Morgan fingerprint density at radius 1 is 1.23 bits per heavy atom. The molecule has 3 rings (SSSR count). The zero-order valence-electron chi connectivity index (χ0n) is 15.6. The van der Waals surface area contributed by atoms with E-state index < -0.39 is 0 Å². The van der Waals surface area contributed by atoms with E-state index in [0.29, 0.717) is 18.4 Å². The summed E-state index contributed by atoms with van der Waals surface area (Å²) in [7, 11) is 0. The summed E-state index contributed by atoms with van der Waals surface area (Å²) in [5.74, 6) is 1.20. The highest BCUT2D eigenvalue weighted by molar-refractivity contribution is 7.13. The molecule has 1 fully saturated rings. The van der Waals surface area contributed by atoms with Crippen molar-refractivity contribution in [2.24, 2.45) is 10.7 Å². The van der Waals surface area contributed by atoms with Gasteiger partial charge in [-0.15, -0.1) is 11.3 Å². The third-order valence-electron chi connectivity index (χ3n) is 3.93. The van der Waals surface area contributed by atoms with E-state index in [1.165, 1.54) is 0 Å². The minimum Gasteiger partial charge on any atom is -0.472 e. The Morgan fingerprint density at radius 2 is 2.00 bits per heavy atom. The summed E-state index contributed by atoms with van der Waals surface area (Å²) in [5.41, 5.74) is 6.93. The van der Waals surface area contributed by atoms with Gasteiger partial charge in [-0.2, -0.15) is 0 Å². The van der Waals surface area contributed by atoms with Gasteiger partial charge in [-0.1, -0.05) is 6.07 Å². The third-order valence-corrected chi connectivity index (χ3v) is 4.76. The Labute approximate surface area is 158 Å². The van der Waals surface area contributed by atoms with E-state index in [9.17, 15) is 0 Å². The standard InChI is InChI=1S/C18H26N6OS/c1-18(2,3)25-15-5-4-14(12-21-15)13-22-16(19)23-7-9-24(10-8-23)17-20-6-11-26-17/h4-6,11-12H,7-10,13H2,1-3H3,(H2,19,22). The zero-order valence-corrected chi connectivity index (χ0v) is 16.4. The van der Waals surface area contributed by atoms with E-state index in [1.807, 2.05) is 44.5 Å². The van der Waals surface area contributed by atoms with Gasteiger partial charge in [0.05, 0.1) is 6.54 Å². The molecule has 2 aromatic rings. The number of anilines is 1. The van der Waals surface area contributed by atoms with Crippen LogP contribution in [0.3, 0.4) is 0 Å². The molecule has 3 heterocycles. The van der Waals surface area contributed by atoms with Crippen LogP contribution in [0.5, 0.6) is 5.88 Å². The highest BCUT2D eigenvalue weighted by atomic mass is 32.1. The van der Waals surface area contributed by atoms with Gasteiger partial charge in [0.2, 0.25) is 5.88 Å². The fourth-order valence-electron chi connectivity index (χ4n) is 2.65. The predicted octanol–water partition coefficient (Wildman–Crippen LogP) is 2.35. The van der Waals surface area contributed by atoms with Crippen molar-refractivity contribution in [1.29, 1.82) is 0 Å². The van der Waals surface area contributed by atoms with Crippen LogP contribution in [0.25, 0.3) is 0 Å². The van der Waals surface area contributed by atoms with Crippen LogP contribution < -0.4 is 15.4 Å². The number of aliphatic imine (C=N–C) groups is 1. The predicted molar refractivity (Wildman–Crippen MR) is 106 cm³/mol. The number of thiazole rings is 1. The molecule has 0 aromatic carbocycles. The molecule has 2 aromatic heterocycles. The van der Waals surface area contributed by atoms with Crippen molar-refractivity contribution >= 4 is 22.4 Å². The highest BCUT2D eigenvalue weighted by Crippen LogP contribution is 2.19. The molecule has 8 heteroatoms. The van der Waals surface area contributed by atoms with Crippen LogP contribution in [0.4, 0.5) is 5.13 Å². The maximum Gasteiger partial charge on any atom is 0.213 e. The first-order chi connectivity index (χ1) is 12.4. The normalized spacial score (nSPS) is 16.0. The minimum absolute atomic E-state index is 0.252. The van der Waals surface area contributed by atoms with E-state index in [-0.39, 0.29) is 5.60 Å². The first kappa shape index (κ1) is 18.4. The van der Waals surface area contributed by atoms with Crippen molar-refractivity contribution in [3.05, 3.63) is 35.5 Å². The van der Waals surface area contributed by atoms with E-state index in [2.05, 4.69) is 24.8 Å². The number of guanidine groups is 1. The summed E-state index contributed by atoms with van der Waals surface area (Å²) < 4.78 is 5.73. The van der Waals surface area contributed by atoms with Gasteiger partial charge >= 0.3 is 0 Å². The number of aromatic nitrogens is 2. The average molecular weight is 375 g/mol. The SMILES string of the molecule is CC(C)(C)Oc1ccc(CN=C(N)N2CCN(c3nccs3)CC2)cn1. The van der Waals surface area contributed by atoms with Gasteiger partial charge in [-0.25, -0.2) is 15.0 Å². The van der Waals surface area contributed by atoms with Crippen LogP contribution in [0.1, 0.15) is 26.3 Å². The number of rotatable bonds is 4. The summed E-state index contributed by atoms with van der Waals surface area (Å²) in [6.45, 7) is 10.0. The number of nitrogens with zero attached hydrogens (tertiary/aromatic N) is 5. The second kappa shape index (κ2) is 7.90. The van der Waals surface area contributed by atoms with Crippen molar-refractivity contribution in [3.63, 3.8) is 0 Å². The lowest BCUT2D eigenvalue weighted by Gasteiger charge is -2.35. The second-order valence-corrected chi connectivity index (χ2v) is 8.06. The van der Waals surface area contributed by atoms with Crippen LogP contribution >= 0.6 is 11.3 Å². The van der Waals surface area contributed by atoms with Crippen LogP contribution in [0, 0.1) is 0 Å². The number of pyridine rings is 1. The molecule has 2 N–H and O–H groups in total. The largest absolute Gasteiger partial charge is 0.472 e. The van der Waals surface area contributed by atoms with E-state index >= 15 is 0 Å². The molecule has 140 valence electrons. The molecular formula is C18H26N6OS. The van der Waals surface area contributed by atoms with Gasteiger partial charge in [0.15, 0.2) is 11.1 Å². The minimum atomic E-state index is -0.252. The molecule has 26 heavy (non-hydrogen) atoms. The molecule has 0 saturated carbocycles. The molecule has 0 amide bonds. The summed E-state index contributed by atoms with van der Waals surface area (Å²) in [5, 5.41) is 3.08. The fourth-order valence-corrected chi connectivity index (χ4v) is 3.35. The Morgan fingerprint density at radius 3 is 2.58 bits per heavy atom. The van der Waals surface area contributed by atoms with Crippen molar-refractivity contribution in [1.82, 2.24) is 14.9 Å². The molecule has 0 unspecified atom stereocenters. The second-order valence-electron chi connectivity index (χ2n) is 7.18. The summed E-state index contributed by atoms with van der Waals surface area (Å²) >= 11 is 1.67. The maximum absolute atomic E-state index is 6.17. The molecule has 0 bridgehead atoms. The lowest BCUT2D eigenvalue weighted by molar-refractivity contribution is 0.124.